The smallest absolute Gasteiger partial charge is 0.273 e. The molecule has 0 unspecified atom stereocenters. The number of hydrogen-bond donors (Lipinski definition) is 2. The molecule has 2 N–H and O–H groups in total. The van der Waals surface area contributed by atoms with Crippen LogP contribution < -0.4 is 10.7 Å². The molecule has 4 rings (SSSR count). The lowest BCUT2D eigenvalue weighted by Crippen LogP contribution is -2.24. The SMILES string of the molecule is Cc1ccc(C(=O)Nc2ccccc2C(=O)NN=C2CCC(c3ccccc3)CC2)cc1[N+](=O)[O-]. The fraction of sp³-hybridized carbons (Fsp3) is 0.222. The molecule has 2 amide bonds. The predicted octanol–water partition coefficient (Wildman–Crippen LogP) is 5.60. The van der Waals surface area contributed by atoms with Crippen molar-refractivity contribution < 1.29 is 14.5 Å². The van der Waals surface area contributed by atoms with Crippen LogP contribution in [-0.2, 0) is 0 Å². The van der Waals surface area contributed by atoms with Gasteiger partial charge in [0, 0.05) is 22.9 Å². The molecule has 8 nitrogen and oxygen atoms in total. The molecule has 0 heterocycles. The van der Waals surface area contributed by atoms with E-state index < -0.39 is 16.7 Å². The van der Waals surface area contributed by atoms with E-state index in [9.17, 15) is 19.7 Å². The van der Waals surface area contributed by atoms with Gasteiger partial charge in [-0.1, -0.05) is 48.5 Å². The van der Waals surface area contributed by atoms with Crippen LogP contribution in [0.15, 0.2) is 77.9 Å². The fourth-order valence-corrected chi connectivity index (χ4v) is 4.24. The molecular weight excluding hydrogens is 444 g/mol. The third-order valence-corrected chi connectivity index (χ3v) is 6.24. The molecule has 178 valence electrons. The van der Waals surface area contributed by atoms with Crippen molar-refractivity contribution in [1.29, 1.82) is 0 Å². The van der Waals surface area contributed by atoms with Crippen LogP contribution in [0, 0.1) is 17.0 Å². The highest BCUT2D eigenvalue weighted by molar-refractivity contribution is 6.09. The Morgan fingerprint density at radius 3 is 2.34 bits per heavy atom. The van der Waals surface area contributed by atoms with E-state index in [2.05, 4.69) is 40.1 Å². The molecular formula is C27H26N4O4. The normalized spacial score (nSPS) is 15.2. The molecule has 1 saturated carbocycles. The molecule has 0 aliphatic heterocycles. The number of hydrogen-bond acceptors (Lipinski definition) is 5. The Morgan fingerprint density at radius 1 is 0.943 bits per heavy atom. The van der Waals surface area contributed by atoms with Crippen LogP contribution in [0.25, 0.3) is 0 Å². The van der Waals surface area contributed by atoms with E-state index in [4.69, 9.17) is 0 Å². The van der Waals surface area contributed by atoms with Crippen molar-refractivity contribution in [3.05, 3.63) is 105 Å². The minimum absolute atomic E-state index is 0.132. The van der Waals surface area contributed by atoms with Gasteiger partial charge in [0.05, 0.1) is 16.2 Å². The lowest BCUT2D eigenvalue weighted by Gasteiger charge is -2.23. The van der Waals surface area contributed by atoms with E-state index >= 15 is 0 Å². The average molecular weight is 471 g/mol. The third kappa shape index (κ3) is 5.78. The van der Waals surface area contributed by atoms with Gasteiger partial charge >= 0.3 is 0 Å². The molecule has 0 radical (unpaired) electrons. The molecule has 1 fully saturated rings. The maximum atomic E-state index is 12.8. The zero-order chi connectivity index (χ0) is 24.8. The summed E-state index contributed by atoms with van der Waals surface area (Å²) in [5, 5.41) is 18.2. The van der Waals surface area contributed by atoms with E-state index in [-0.39, 0.29) is 16.8 Å². The molecule has 8 heteroatoms. The minimum atomic E-state index is -0.543. The number of nitro groups is 1. The lowest BCUT2D eigenvalue weighted by molar-refractivity contribution is -0.385. The van der Waals surface area contributed by atoms with Crippen LogP contribution in [0.4, 0.5) is 11.4 Å². The Labute approximate surface area is 203 Å². The summed E-state index contributed by atoms with van der Waals surface area (Å²) in [6.45, 7) is 1.61. The number of anilines is 1. The van der Waals surface area contributed by atoms with Gasteiger partial charge in [0.25, 0.3) is 17.5 Å². The summed E-state index contributed by atoms with van der Waals surface area (Å²) in [5.41, 5.74) is 5.90. The Hall–Kier alpha value is -4.33. The van der Waals surface area contributed by atoms with E-state index in [1.807, 2.05) is 6.07 Å². The number of hydrazone groups is 1. The van der Waals surface area contributed by atoms with Crippen LogP contribution in [0.3, 0.4) is 0 Å². The van der Waals surface area contributed by atoms with Crippen molar-refractivity contribution in [3.63, 3.8) is 0 Å². The number of nitrogens with zero attached hydrogens (tertiary/aromatic N) is 2. The van der Waals surface area contributed by atoms with Gasteiger partial charge in [0.1, 0.15) is 0 Å². The van der Waals surface area contributed by atoms with Crippen LogP contribution in [-0.4, -0.2) is 22.4 Å². The van der Waals surface area contributed by atoms with Gasteiger partial charge in [-0.3, -0.25) is 19.7 Å². The van der Waals surface area contributed by atoms with Crippen molar-refractivity contribution in [1.82, 2.24) is 5.43 Å². The van der Waals surface area contributed by atoms with E-state index in [1.54, 1.807) is 31.2 Å². The molecule has 3 aromatic carbocycles. The molecule has 3 aromatic rings. The highest BCUT2D eigenvalue weighted by atomic mass is 16.6. The maximum Gasteiger partial charge on any atom is 0.273 e. The van der Waals surface area contributed by atoms with Crippen LogP contribution in [0.2, 0.25) is 0 Å². The third-order valence-electron chi connectivity index (χ3n) is 6.24. The molecule has 0 atom stereocenters. The molecule has 35 heavy (non-hydrogen) atoms. The van der Waals surface area contributed by atoms with E-state index in [0.717, 1.165) is 31.4 Å². The highest BCUT2D eigenvalue weighted by Crippen LogP contribution is 2.31. The lowest BCUT2D eigenvalue weighted by atomic mass is 9.83. The largest absolute Gasteiger partial charge is 0.321 e. The Bertz CT molecular complexity index is 1280. The first-order valence-corrected chi connectivity index (χ1v) is 11.5. The first kappa shape index (κ1) is 23.8. The summed E-state index contributed by atoms with van der Waals surface area (Å²) in [4.78, 5) is 36.2. The second-order valence-electron chi connectivity index (χ2n) is 8.56. The van der Waals surface area contributed by atoms with Crippen LogP contribution >= 0.6 is 0 Å². The highest BCUT2D eigenvalue weighted by Gasteiger charge is 2.20. The van der Waals surface area contributed by atoms with Crippen LogP contribution in [0.5, 0.6) is 0 Å². The molecule has 0 saturated heterocycles. The van der Waals surface area contributed by atoms with Crippen molar-refractivity contribution in [3.8, 4) is 0 Å². The maximum absolute atomic E-state index is 12.8. The van der Waals surface area contributed by atoms with Crippen molar-refractivity contribution in [2.24, 2.45) is 5.10 Å². The number of carbonyl (C=O) groups is 2. The topological polar surface area (TPSA) is 114 Å². The second-order valence-corrected chi connectivity index (χ2v) is 8.56. The summed E-state index contributed by atoms with van der Waals surface area (Å²) < 4.78 is 0. The zero-order valence-corrected chi connectivity index (χ0v) is 19.4. The second kappa shape index (κ2) is 10.7. The molecule has 0 bridgehead atoms. The number of carbonyl (C=O) groups excluding carboxylic acids is 2. The summed E-state index contributed by atoms with van der Waals surface area (Å²) in [5.74, 6) is -0.480. The fourth-order valence-electron chi connectivity index (χ4n) is 4.24. The van der Waals surface area contributed by atoms with Gasteiger partial charge in [-0.25, -0.2) is 5.43 Å². The Morgan fingerprint density at radius 2 is 1.63 bits per heavy atom. The first-order valence-electron chi connectivity index (χ1n) is 11.5. The Kier molecular flexibility index (Phi) is 7.30. The number of nitro benzene ring substituents is 1. The first-order chi connectivity index (χ1) is 16.9. The quantitative estimate of drug-likeness (QED) is 0.360. The summed E-state index contributed by atoms with van der Waals surface area (Å²) in [6, 6.07) is 21.3. The zero-order valence-electron chi connectivity index (χ0n) is 19.4. The van der Waals surface area contributed by atoms with Crippen molar-refractivity contribution in [2.45, 2.75) is 38.5 Å². The molecule has 0 aromatic heterocycles. The van der Waals surface area contributed by atoms with Gasteiger partial charge in [-0.2, -0.15) is 5.10 Å². The number of nitrogens with one attached hydrogen (secondary N) is 2. The molecule has 1 aliphatic carbocycles. The van der Waals surface area contributed by atoms with Gasteiger partial charge in [-0.05, 0) is 62.3 Å². The van der Waals surface area contributed by atoms with Crippen molar-refractivity contribution in [2.75, 3.05) is 5.32 Å². The van der Waals surface area contributed by atoms with Crippen LogP contribution in [0.1, 0.15) is 63.4 Å². The van der Waals surface area contributed by atoms with Gasteiger partial charge in [-0.15, -0.1) is 0 Å². The monoisotopic (exact) mass is 470 g/mol. The number of para-hydroxylation sites is 1. The average Bonchev–Trinajstić information content (AvgIpc) is 2.88. The van der Waals surface area contributed by atoms with Gasteiger partial charge in [0.2, 0.25) is 0 Å². The Balaban J connectivity index is 1.41. The number of benzene rings is 3. The van der Waals surface area contributed by atoms with E-state index in [1.165, 1.54) is 23.8 Å². The summed E-state index contributed by atoms with van der Waals surface area (Å²) in [6.07, 6.45) is 3.58. The molecule has 0 spiro atoms. The van der Waals surface area contributed by atoms with Gasteiger partial charge in [0.15, 0.2) is 0 Å². The number of amides is 2. The minimum Gasteiger partial charge on any atom is -0.321 e. The summed E-state index contributed by atoms with van der Waals surface area (Å²) >= 11 is 0. The molecule has 1 aliphatic rings. The summed E-state index contributed by atoms with van der Waals surface area (Å²) in [7, 11) is 0. The van der Waals surface area contributed by atoms with E-state index in [0.29, 0.717) is 17.2 Å². The van der Waals surface area contributed by atoms with Gasteiger partial charge < -0.3 is 5.32 Å². The number of rotatable bonds is 6. The van der Waals surface area contributed by atoms with Crippen molar-refractivity contribution >= 4 is 28.9 Å². The predicted molar refractivity (Wildman–Crippen MR) is 135 cm³/mol. The number of aryl methyl sites for hydroxylation is 1. The standard InChI is InChI=1S/C27H26N4O4/c1-18-11-12-21(17-25(18)31(34)35)26(32)28-24-10-6-5-9-23(24)27(33)30-29-22-15-13-20(14-16-22)19-7-3-2-4-8-19/h2-12,17,20H,13-16H2,1H3,(H,28,32)(H,30,33).